The normalized spacial score (nSPS) is 9.94. The molecule has 1 rings (SSSR count). The Labute approximate surface area is 99.5 Å². The van der Waals surface area contributed by atoms with Crippen molar-refractivity contribution in [2.45, 2.75) is 19.4 Å². The fourth-order valence-corrected chi connectivity index (χ4v) is 1.35. The van der Waals surface area contributed by atoms with Crippen LogP contribution in [0.25, 0.3) is 0 Å². The van der Waals surface area contributed by atoms with Gasteiger partial charge >= 0.3 is 0 Å². The molecule has 1 N–H and O–H groups in total. The lowest BCUT2D eigenvalue weighted by Gasteiger charge is -2.09. The molecule has 0 aliphatic rings. The summed E-state index contributed by atoms with van der Waals surface area (Å²) in [6.07, 6.45) is 3.47. The lowest BCUT2D eigenvalue weighted by Crippen LogP contribution is -2.01. The van der Waals surface area contributed by atoms with Crippen LogP contribution in [-0.2, 0) is 6.61 Å². The van der Waals surface area contributed by atoms with Crippen LogP contribution in [0.2, 0.25) is 0 Å². The van der Waals surface area contributed by atoms with Gasteiger partial charge in [0.1, 0.15) is 5.75 Å². The van der Waals surface area contributed by atoms with Crippen molar-refractivity contribution in [1.29, 1.82) is 0 Å². The Morgan fingerprint density at radius 2 is 2.29 bits per heavy atom. The van der Waals surface area contributed by atoms with Crippen LogP contribution in [0.3, 0.4) is 0 Å². The summed E-state index contributed by atoms with van der Waals surface area (Å²) in [6, 6.07) is 4.20. The highest BCUT2D eigenvalue weighted by Crippen LogP contribution is 2.24. The van der Waals surface area contributed by atoms with E-state index in [2.05, 4.69) is 6.58 Å². The number of nitro groups is 1. The van der Waals surface area contributed by atoms with Gasteiger partial charge < -0.3 is 9.84 Å². The number of aliphatic hydroxyl groups excluding tert-OH is 1. The lowest BCUT2D eigenvalue weighted by atomic mass is 10.2. The first-order chi connectivity index (χ1) is 8.19. The van der Waals surface area contributed by atoms with Crippen LogP contribution < -0.4 is 4.74 Å². The highest BCUT2D eigenvalue weighted by atomic mass is 16.6. The van der Waals surface area contributed by atoms with Crippen LogP contribution in [0.4, 0.5) is 5.69 Å². The van der Waals surface area contributed by atoms with Gasteiger partial charge in [-0.2, -0.15) is 0 Å². The van der Waals surface area contributed by atoms with Crippen molar-refractivity contribution in [2.75, 3.05) is 6.61 Å². The van der Waals surface area contributed by atoms with Crippen molar-refractivity contribution in [3.8, 4) is 5.75 Å². The zero-order valence-electron chi connectivity index (χ0n) is 9.46. The van der Waals surface area contributed by atoms with Gasteiger partial charge in [0.05, 0.1) is 18.1 Å². The molecular formula is C12H15NO4. The van der Waals surface area contributed by atoms with Gasteiger partial charge in [0, 0.05) is 17.7 Å². The standard InChI is InChI=1S/C12H15NO4/c1-2-3-4-7-17-12-6-5-11(13(15)16)8-10(12)9-14/h2,5-6,8,14H,1,3-4,7,9H2. The number of aliphatic hydroxyl groups is 1. The third-order valence-corrected chi connectivity index (χ3v) is 2.24. The molecule has 17 heavy (non-hydrogen) atoms. The highest BCUT2D eigenvalue weighted by molar-refractivity contribution is 5.43. The Bertz CT molecular complexity index is 403. The largest absolute Gasteiger partial charge is 0.493 e. The maximum Gasteiger partial charge on any atom is 0.270 e. The van der Waals surface area contributed by atoms with Gasteiger partial charge in [-0.1, -0.05) is 6.08 Å². The molecule has 0 fully saturated rings. The van der Waals surface area contributed by atoms with Gasteiger partial charge in [-0.25, -0.2) is 0 Å². The molecule has 0 saturated carbocycles. The van der Waals surface area contributed by atoms with E-state index in [0.717, 1.165) is 12.8 Å². The van der Waals surface area contributed by atoms with Gasteiger partial charge in [-0.05, 0) is 18.9 Å². The third-order valence-electron chi connectivity index (χ3n) is 2.24. The molecule has 0 spiro atoms. The number of nitrogens with zero attached hydrogens (tertiary/aromatic N) is 1. The molecule has 0 amide bonds. The molecule has 1 aromatic carbocycles. The van der Waals surface area contributed by atoms with Crippen molar-refractivity contribution in [1.82, 2.24) is 0 Å². The van der Waals surface area contributed by atoms with E-state index in [9.17, 15) is 10.1 Å². The van der Waals surface area contributed by atoms with E-state index in [0.29, 0.717) is 17.9 Å². The predicted octanol–water partition coefficient (Wildman–Crippen LogP) is 2.43. The second-order valence-corrected chi connectivity index (χ2v) is 3.49. The van der Waals surface area contributed by atoms with Crippen LogP contribution >= 0.6 is 0 Å². The topological polar surface area (TPSA) is 72.6 Å². The molecule has 0 radical (unpaired) electrons. The molecule has 0 aliphatic carbocycles. The maximum absolute atomic E-state index is 10.6. The fourth-order valence-electron chi connectivity index (χ4n) is 1.35. The molecule has 0 aromatic heterocycles. The number of benzene rings is 1. The summed E-state index contributed by atoms with van der Waals surface area (Å²) < 4.78 is 5.43. The van der Waals surface area contributed by atoms with Crippen LogP contribution in [0.5, 0.6) is 5.75 Å². The van der Waals surface area contributed by atoms with Crippen molar-refractivity contribution in [3.05, 3.63) is 46.5 Å². The number of hydrogen-bond donors (Lipinski definition) is 1. The van der Waals surface area contributed by atoms with Gasteiger partial charge in [-0.3, -0.25) is 10.1 Å². The van der Waals surface area contributed by atoms with Gasteiger partial charge in [0.2, 0.25) is 0 Å². The molecule has 1 aromatic rings. The van der Waals surface area contributed by atoms with Gasteiger partial charge in [0.25, 0.3) is 5.69 Å². The molecule has 5 nitrogen and oxygen atoms in total. The highest BCUT2D eigenvalue weighted by Gasteiger charge is 2.10. The van der Waals surface area contributed by atoms with Crippen molar-refractivity contribution < 1.29 is 14.8 Å². The molecule has 5 heteroatoms. The average molecular weight is 237 g/mol. The molecular weight excluding hydrogens is 222 g/mol. The predicted molar refractivity (Wildman–Crippen MR) is 63.9 cm³/mol. The number of rotatable bonds is 7. The number of unbranched alkanes of at least 4 members (excludes halogenated alkanes) is 1. The van der Waals surface area contributed by atoms with Crippen LogP contribution in [0.15, 0.2) is 30.9 Å². The molecule has 0 bridgehead atoms. The average Bonchev–Trinajstić information content (AvgIpc) is 2.34. The van der Waals surface area contributed by atoms with Gasteiger partial charge in [-0.15, -0.1) is 6.58 Å². The Morgan fingerprint density at radius 1 is 1.53 bits per heavy atom. The van der Waals surface area contributed by atoms with E-state index in [1.807, 2.05) is 0 Å². The number of nitro benzene ring substituents is 1. The van der Waals surface area contributed by atoms with Crippen molar-refractivity contribution in [2.24, 2.45) is 0 Å². The van der Waals surface area contributed by atoms with E-state index >= 15 is 0 Å². The molecule has 0 saturated heterocycles. The van der Waals surface area contributed by atoms with E-state index in [1.165, 1.54) is 18.2 Å². The molecule has 92 valence electrons. The molecule has 0 heterocycles. The van der Waals surface area contributed by atoms with Crippen LogP contribution in [0.1, 0.15) is 18.4 Å². The van der Waals surface area contributed by atoms with Crippen LogP contribution in [0, 0.1) is 10.1 Å². The first kappa shape index (κ1) is 13.2. The summed E-state index contributed by atoms with van der Waals surface area (Å²) >= 11 is 0. The smallest absolute Gasteiger partial charge is 0.270 e. The summed E-state index contributed by atoms with van der Waals surface area (Å²) in [5.41, 5.74) is 0.380. The lowest BCUT2D eigenvalue weighted by molar-refractivity contribution is -0.385. The summed E-state index contributed by atoms with van der Waals surface area (Å²) in [6.45, 7) is 3.82. The van der Waals surface area contributed by atoms with E-state index in [4.69, 9.17) is 9.84 Å². The first-order valence-corrected chi connectivity index (χ1v) is 5.31. The summed E-state index contributed by atoms with van der Waals surface area (Å²) in [7, 11) is 0. The minimum absolute atomic E-state index is 0.0486. The molecule has 0 unspecified atom stereocenters. The summed E-state index contributed by atoms with van der Waals surface area (Å²) in [4.78, 5) is 10.1. The van der Waals surface area contributed by atoms with Crippen molar-refractivity contribution >= 4 is 5.69 Å². The fraction of sp³-hybridized carbons (Fsp3) is 0.333. The summed E-state index contributed by atoms with van der Waals surface area (Å²) in [5, 5.41) is 19.7. The SMILES string of the molecule is C=CCCCOc1ccc([N+](=O)[O-])cc1CO. The van der Waals surface area contributed by atoms with Crippen LogP contribution in [-0.4, -0.2) is 16.6 Å². The minimum atomic E-state index is -0.499. The zero-order valence-corrected chi connectivity index (χ0v) is 9.46. The van der Waals surface area contributed by atoms with E-state index < -0.39 is 4.92 Å². The number of non-ortho nitro benzene ring substituents is 1. The number of allylic oxidation sites excluding steroid dienone is 1. The Morgan fingerprint density at radius 3 is 2.88 bits per heavy atom. The Hall–Kier alpha value is -1.88. The quantitative estimate of drug-likeness (QED) is 0.342. The first-order valence-electron chi connectivity index (χ1n) is 5.31. The monoisotopic (exact) mass is 237 g/mol. The van der Waals surface area contributed by atoms with Crippen molar-refractivity contribution in [3.63, 3.8) is 0 Å². The maximum atomic E-state index is 10.6. The zero-order chi connectivity index (χ0) is 12.7. The van der Waals surface area contributed by atoms with E-state index in [1.54, 1.807) is 6.08 Å². The second-order valence-electron chi connectivity index (χ2n) is 3.49. The third kappa shape index (κ3) is 3.88. The van der Waals surface area contributed by atoms with E-state index in [-0.39, 0.29) is 12.3 Å². The molecule has 0 aliphatic heterocycles. The summed E-state index contributed by atoms with van der Waals surface area (Å²) in [5.74, 6) is 0.488. The number of ether oxygens (including phenoxy) is 1. The molecule has 0 atom stereocenters. The minimum Gasteiger partial charge on any atom is -0.493 e. The second kappa shape index (κ2) is 6.65. The Kier molecular flexibility index (Phi) is 5.16. The number of hydrogen-bond acceptors (Lipinski definition) is 4. The van der Waals surface area contributed by atoms with Gasteiger partial charge in [0.15, 0.2) is 0 Å². The Balaban J connectivity index is 2.71.